The lowest BCUT2D eigenvalue weighted by Crippen LogP contribution is -2.32. The van der Waals surface area contributed by atoms with Crippen LogP contribution in [-0.2, 0) is 19.0 Å². The summed E-state index contributed by atoms with van der Waals surface area (Å²) >= 11 is 0. The van der Waals surface area contributed by atoms with Crippen molar-refractivity contribution in [2.24, 2.45) is 12.0 Å². The van der Waals surface area contributed by atoms with Crippen molar-refractivity contribution in [3.63, 3.8) is 0 Å². The number of aliphatic imine (C=N–C) groups is 1. The van der Waals surface area contributed by atoms with Crippen LogP contribution < -0.4 is 4.57 Å². The van der Waals surface area contributed by atoms with Gasteiger partial charge in [-0.2, -0.15) is 0 Å². The Morgan fingerprint density at radius 2 is 1.75 bits per heavy atom. The molecule has 0 radical (unpaired) electrons. The minimum absolute atomic E-state index is 0.202. The summed E-state index contributed by atoms with van der Waals surface area (Å²) in [5.41, 5.74) is 3.91. The highest BCUT2D eigenvalue weighted by molar-refractivity contribution is 5.79. The van der Waals surface area contributed by atoms with Crippen LogP contribution in [0.25, 0.3) is 0 Å². The molecule has 1 heterocycles. The Labute approximate surface area is 121 Å². The lowest BCUT2D eigenvalue weighted by Gasteiger charge is -2.18. The second kappa shape index (κ2) is 6.00. The summed E-state index contributed by atoms with van der Waals surface area (Å²) in [6.45, 7) is 7.39. The first-order valence-electron chi connectivity index (χ1n) is 7.01. The molecular formula is C18H23N2+. The Hall–Kier alpha value is -1.96. The summed E-state index contributed by atoms with van der Waals surface area (Å²) in [5.74, 6) is 0. The predicted octanol–water partition coefficient (Wildman–Crippen LogP) is 3.43. The van der Waals surface area contributed by atoms with Crippen molar-refractivity contribution >= 4 is 6.21 Å². The van der Waals surface area contributed by atoms with Gasteiger partial charge in [-0.15, -0.1) is 0 Å². The van der Waals surface area contributed by atoms with E-state index in [-0.39, 0.29) is 5.41 Å². The number of benzene rings is 1. The van der Waals surface area contributed by atoms with Gasteiger partial charge in [-0.1, -0.05) is 51.1 Å². The maximum absolute atomic E-state index is 4.52. The first-order chi connectivity index (χ1) is 9.47. The van der Waals surface area contributed by atoms with Gasteiger partial charge in [0, 0.05) is 18.3 Å². The highest BCUT2D eigenvalue weighted by Crippen LogP contribution is 2.21. The van der Waals surface area contributed by atoms with E-state index in [1.807, 2.05) is 31.6 Å². The van der Waals surface area contributed by atoms with Gasteiger partial charge in [0.2, 0.25) is 5.69 Å². The van der Waals surface area contributed by atoms with E-state index in [0.717, 1.165) is 5.56 Å². The Morgan fingerprint density at radius 3 is 2.35 bits per heavy atom. The standard InChI is InChI=1S/C18H23N2/c1-18(2,3)16-10-8-15(9-11-16)13-19-14-17-7-5-6-12-20(17)4/h5-13H,14H2,1-4H3/q+1. The first kappa shape index (κ1) is 14.4. The van der Waals surface area contributed by atoms with Gasteiger partial charge in [0.25, 0.3) is 0 Å². The Bertz CT molecular complexity index is 590. The minimum atomic E-state index is 0.202. The van der Waals surface area contributed by atoms with Crippen molar-refractivity contribution in [3.05, 3.63) is 65.5 Å². The molecule has 2 nitrogen and oxygen atoms in total. The van der Waals surface area contributed by atoms with Gasteiger partial charge in [0.15, 0.2) is 6.20 Å². The van der Waals surface area contributed by atoms with Crippen molar-refractivity contribution in [2.75, 3.05) is 0 Å². The molecule has 1 aromatic heterocycles. The number of pyridine rings is 1. The molecule has 0 aliphatic carbocycles. The van der Waals surface area contributed by atoms with Gasteiger partial charge < -0.3 is 0 Å². The Balaban J connectivity index is 2.04. The first-order valence-corrected chi connectivity index (χ1v) is 7.01. The fourth-order valence-corrected chi connectivity index (χ4v) is 2.04. The SMILES string of the molecule is C[n+]1ccccc1CN=Cc1ccc(C(C)(C)C)cc1. The molecule has 2 rings (SSSR count). The summed E-state index contributed by atoms with van der Waals surface area (Å²) in [7, 11) is 2.04. The van der Waals surface area contributed by atoms with E-state index in [1.54, 1.807) is 0 Å². The molecule has 0 saturated heterocycles. The van der Waals surface area contributed by atoms with E-state index in [4.69, 9.17) is 0 Å². The average Bonchev–Trinajstić information content (AvgIpc) is 2.40. The van der Waals surface area contributed by atoms with Crippen LogP contribution in [0.1, 0.15) is 37.6 Å². The molecule has 2 heteroatoms. The third-order valence-electron chi connectivity index (χ3n) is 3.43. The summed E-state index contributed by atoms with van der Waals surface area (Å²) in [6.07, 6.45) is 3.99. The highest BCUT2D eigenvalue weighted by Gasteiger charge is 2.12. The van der Waals surface area contributed by atoms with Crippen LogP contribution in [0.15, 0.2) is 53.7 Å². The van der Waals surface area contributed by atoms with Gasteiger partial charge in [-0.25, -0.2) is 4.57 Å². The number of rotatable bonds is 3. The molecular weight excluding hydrogens is 244 g/mol. The van der Waals surface area contributed by atoms with Crippen molar-refractivity contribution in [3.8, 4) is 0 Å². The van der Waals surface area contributed by atoms with Crippen LogP contribution >= 0.6 is 0 Å². The van der Waals surface area contributed by atoms with Gasteiger partial charge in [-0.05, 0) is 16.5 Å². The average molecular weight is 267 g/mol. The number of nitrogens with zero attached hydrogens (tertiary/aromatic N) is 2. The summed E-state index contributed by atoms with van der Waals surface area (Å²) < 4.78 is 2.10. The van der Waals surface area contributed by atoms with Crippen molar-refractivity contribution in [1.29, 1.82) is 0 Å². The smallest absolute Gasteiger partial charge is 0.202 e. The van der Waals surface area contributed by atoms with Crippen LogP contribution in [0.4, 0.5) is 0 Å². The maximum Gasteiger partial charge on any atom is 0.202 e. The van der Waals surface area contributed by atoms with E-state index in [2.05, 4.69) is 60.7 Å². The third kappa shape index (κ3) is 3.77. The Morgan fingerprint density at radius 1 is 1.05 bits per heavy atom. The number of aromatic nitrogens is 1. The largest absolute Gasteiger partial charge is 0.281 e. The van der Waals surface area contributed by atoms with E-state index in [1.165, 1.54) is 11.3 Å². The van der Waals surface area contributed by atoms with Gasteiger partial charge in [0.1, 0.15) is 13.6 Å². The monoisotopic (exact) mass is 267 g/mol. The zero-order chi connectivity index (χ0) is 14.6. The molecule has 0 aliphatic heterocycles. The second-order valence-electron chi connectivity index (χ2n) is 6.14. The fourth-order valence-electron chi connectivity index (χ4n) is 2.04. The number of aryl methyl sites for hydroxylation is 1. The molecule has 1 aromatic carbocycles. The fraction of sp³-hybridized carbons (Fsp3) is 0.333. The molecule has 0 N–H and O–H groups in total. The topological polar surface area (TPSA) is 16.2 Å². The van der Waals surface area contributed by atoms with Crippen molar-refractivity contribution in [2.45, 2.75) is 32.7 Å². The minimum Gasteiger partial charge on any atom is -0.281 e. The normalized spacial score (nSPS) is 12.0. The predicted molar refractivity (Wildman–Crippen MR) is 84.1 cm³/mol. The van der Waals surface area contributed by atoms with Crippen molar-refractivity contribution in [1.82, 2.24) is 0 Å². The molecule has 0 unspecified atom stereocenters. The summed E-state index contributed by atoms with van der Waals surface area (Å²) in [6, 6.07) is 14.8. The molecule has 0 aliphatic rings. The molecule has 104 valence electrons. The zero-order valence-electron chi connectivity index (χ0n) is 12.8. The molecule has 0 bridgehead atoms. The summed E-state index contributed by atoms with van der Waals surface area (Å²) in [5, 5.41) is 0. The number of hydrogen-bond acceptors (Lipinski definition) is 1. The summed E-state index contributed by atoms with van der Waals surface area (Å²) in [4.78, 5) is 4.52. The molecule has 0 amide bonds. The van der Waals surface area contributed by atoms with Crippen LogP contribution in [0.5, 0.6) is 0 Å². The van der Waals surface area contributed by atoms with E-state index < -0.39 is 0 Å². The van der Waals surface area contributed by atoms with E-state index in [9.17, 15) is 0 Å². The molecule has 0 saturated carbocycles. The number of hydrogen-bond donors (Lipinski definition) is 0. The quantitative estimate of drug-likeness (QED) is 0.598. The lowest BCUT2D eigenvalue weighted by molar-refractivity contribution is -0.679. The molecule has 20 heavy (non-hydrogen) atoms. The maximum atomic E-state index is 4.52. The van der Waals surface area contributed by atoms with E-state index >= 15 is 0 Å². The van der Waals surface area contributed by atoms with Gasteiger partial charge >= 0.3 is 0 Å². The third-order valence-corrected chi connectivity index (χ3v) is 3.43. The van der Waals surface area contributed by atoms with E-state index in [0.29, 0.717) is 6.54 Å². The molecule has 0 atom stereocenters. The van der Waals surface area contributed by atoms with Gasteiger partial charge in [0.05, 0.1) is 0 Å². The molecule has 2 aromatic rings. The zero-order valence-corrected chi connectivity index (χ0v) is 12.8. The van der Waals surface area contributed by atoms with Crippen LogP contribution in [-0.4, -0.2) is 6.21 Å². The highest BCUT2D eigenvalue weighted by atomic mass is 14.9. The van der Waals surface area contributed by atoms with Crippen LogP contribution in [0, 0.1) is 0 Å². The lowest BCUT2D eigenvalue weighted by atomic mass is 9.87. The van der Waals surface area contributed by atoms with Crippen LogP contribution in [0.3, 0.4) is 0 Å². The molecule has 0 fully saturated rings. The second-order valence-corrected chi connectivity index (χ2v) is 6.14. The Kier molecular flexibility index (Phi) is 4.33. The van der Waals surface area contributed by atoms with Gasteiger partial charge in [-0.3, -0.25) is 4.99 Å². The van der Waals surface area contributed by atoms with Crippen molar-refractivity contribution < 1.29 is 4.57 Å². The molecule has 0 spiro atoms. The van der Waals surface area contributed by atoms with Crippen LogP contribution in [0.2, 0.25) is 0 Å².